The van der Waals surface area contributed by atoms with Gasteiger partial charge in [0.05, 0.1) is 13.2 Å². The number of ether oxygens (including phenoxy) is 2. The summed E-state index contributed by atoms with van der Waals surface area (Å²) in [5.41, 5.74) is 2.38. The third kappa shape index (κ3) is 3.62. The molecular weight excluding hydrogens is 246 g/mol. The maximum atomic E-state index is 11.7. The molecule has 1 rings (SSSR count). The Morgan fingerprint density at radius 3 is 2.37 bits per heavy atom. The van der Waals surface area contributed by atoms with E-state index in [-0.39, 0.29) is 6.61 Å². The number of nitrogens with one attached hydrogen (secondary N) is 1. The third-order valence-corrected chi connectivity index (χ3v) is 2.48. The average Bonchev–Trinajstić information content (AvgIpc) is 2.63. The largest absolute Gasteiger partial charge is 0.461 e. The van der Waals surface area contributed by atoms with Crippen molar-refractivity contribution in [3.63, 3.8) is 0 Å². The fourth-order valence-corrected chi connectivity index (χ4v) is 1.63. The Bertz CT molecular complexity index is 546. The monoisotopic (exact) mass is 263 g/mol. The van der Waals surface area contributed by atoms with Gasteiger partial charge in [0.25, 0.3) is 0 Å². The van der Waals surface area contributed by atoms with E-state index in [1.807, 2.05) is 0 Å². The van der Waals surface area contributed by atoms with Crippen molar-refractivity contribution < 1.29 is 19.1 Å². The smallest absolute Gasteiger partial charge is 0.384 e. The normalized spacial score (nSPS) is 9.47. The number of aromatic amines is 1. The molecule has 19 heavy (non-hydrogen) atoms. The van der Waals surface area contributed by atoms with Crippen molar-refractivity contribution in [1.29, 1.82) is 0 Å². The molecule has 1 heterocycles. The van der Waals surface area contributed by atoms with Crippen LogP contribution in [0.2, 0.25) is 0 Å². The Morgan fingerprint density at radius 2 is 1.79 bits per heavy atom. The first-order valence-corrected chi connectivity index (χ1v) is 6.06. The summed E-state index contributed by atoms with van der Waals surface area (Å²) in [5, 5.41) is 0. The lowest BCUT2D eigenvalue weighted by molar-refractivity contribution is -0.136. The molecule has 0 aliphatic rings. The lowest BCUT2D eigenvalue weighted by Crippen LogP contribution is -2.06. The van der Waals surface area contributed by atoms with E-state index in [4.69, 9.17) is 9.47 Å². The van der Waals surface area contributed by atoms with Crippen LogP contribution in [0.1, 0.15) is 41.2 Å². The molecule has 1 aromatic rings. The van der Waals surface area contributed by atoms with Crippen LogP contribution in [-0.4, -0.2) is 30.1 Å². The lowest BCUT2D eigenvalue weighted by atomic mass is 10.1. The van der Waals surface area contributed by atoms with Crippen LogP contribution in [0.5, 0.6) is 0 Å². The van der Waals surface area contributed by atoms with Crippen LogP contribution < -0.4 is 0 Å². The van der Waals surface area contributed by atoms with Crippen molar-refractivity contribution in [2.45, 2.75) is 27.7 Å². The average molecular weight is 263 g/mol. The zero-order valence-electron chi connectivity index (χ0n) is 11.5. The summed E-state index contributed by atoms with van der Waals surface area (Å²) < 4.78 is 9.65. The second-order valence-corrected chi connectivity index (χ2v) is 3.82. The van der Waals surface area contributed by atoms with E-state index in [1.165, 1.54) is 0 Å². The van der Waals surface area contributed by atoms with E-state index >= 15 is 0 Å². The summed E-state index contributed by atoms with van der Waals surface area (Å²) in [6.07, 6.45) is 0. The second-order valence-electron chi connectivity index (χ2n) is 3.82. The van der Waals surface area contributed by atoms with Gasteiger partial charge in [-0.15, -0.1) is 0 Å². The van der Waals surface area contributed by atoms with E-state index < -0.39 is 11.9 Å². The maximum Gasteiger partial charge on any atom is 0.384 e. The standard InChI is InChI=1S/C14H17NO4/c1-5-18-12(16)8-7-11-9(3)13(15-10(11)4)14(17)19-6-2/h15H,5-6H2,1-4H3. The van der Waals surface area contributed by atoms with Gasteiger partial charge in [-0.25, -0.2) is 9.59 Å². The van der Waals surface area contributed by atoms with Crippen molar-refractivity contribution in [2.75, 3.05) is 13.2 Å². The molecular formula is C14H17NO4. The molecule has 5 nitrogen and oxygen atoms in total. The lowest BCUT2D eigenvalue weighted by Gasteiger charge is -1.99. The van der Waals surface area contributed by atoms with Gasteiger partial charge in [-0.05, 0) is 33.3 Å². The number of rotatable bonds is 3. The zero-order chi connectivity index (χ0) is 14.4. The summed E-state index contributed by atoms with van der Waals surface area (Å²) in [6, 6.07) is 0. The van der Waals surface area contributed by atoms with Crippen molar-refractivity contribution in [3.05, 3.63) is 22.5 Å². The van der Waals surface area contributed by atoms with Gasteiger partial charge in [-0.1, -0.05) is 5.92 Å². The second kappa shape index (κ2) is 6.64. The summed E-state index contributed by atoms with van der Waals surface area (Å²) in [4.78, 5) is 25.8. The van der Waals surface area contributed by atoms with Crippen LogP contribution in [0.4, 0.5) is 0 Å². The molecule has 0 fully saturated rings. The highest BCUT2D eigenvalue weighted by molar-refractivity contribution is 5.92. The molecule has 0 atom stereocenters. The molecule has 5 heteroatoms. The number of H-pyrrole nitrogens is 1. The quantitative estimate of drug-likeness (QED) is 0.666. The Morgan fingerprint density at radius 1 is 1.16 bits per heavy atom. The Labute approximate surface area is 112 Å². The SMILES string of the molecule is CCOC(=O)C#Cc1c(C)[nH]c(C(=O)OCC)c1C. The van der Waals surface area contributed by atoms with Gasteiger partial charge in [0.15, 0.2) is 0 Å². The van der Waals surface area contributed by atoms with Gasteiger partial charge in [0, 0.05) is 17.2 Å². The predicted molar refractivity (Wildman–Crippen MR) is 69.7 cm³/mol. The van der Waals surface area contributed by atoms with Crippen LogP contribution in [0.3, 0.4) is 0 Å². The van der Waals surface area contributed by atoms with Crippen LogP contribution in [0.25, 0.3) is 0 Å². The highest BCUT2D eigenvalue weighted by Crippen LogP contribution is 2.17. The van der Waals surface area contributed by atoms with Crippen LogP contribution in [0, 0.1) is 25.7 Å². The van der Waals surface area contributed by atoms with Gasteiger partial charge < -0.3 is 14.5 Å². The van der Waals surface area contributed by atoms with Gasteiger partial charge in [0.1, 0.15) is 5.69 Å². The first-order chi connectivity index (χ1) is 9.01. The minimum absolute atomic E-state index is 0.284. The molecule has 0 saturated carbocycles. The van der Waals surface area contributed by atoms with Gasteiger partial charge in [-0.2, -0.15) is 0 Å². The molecule has 0 amide bonds. The Balaban J connectivity index is 3.04. The molecule has 0 saturated heterocycles. The molecule has 102 valence electrons. The summed E-state index contributed by atoms with van der Waals surface area (Å²) in [7, 11) is 0. The van der Waals surface area contributed by atoms with Crippen molar-refractivity contribution >= 4 is 11.9 Å². The number of carbonyl (C=O) groups is 2. The Kier molecular flexibility index (Phi) is 5.19. The highest BCUT2D eigenvalue weighted by atomic mass is 16.5. The molecule has 0 aliphatic heterocycles. The first kappa shape index (κ1) is 14.8. The summed E-state index contributed by atoms with van der Waals surface area (Å²) >= 11 is 0. The number of aryl methyl sites for hydroxylation is 1. The molecule has 1 aromatic heterocycles. The summed E-state index contributed by atoms with van der Waals surface area (Å²) in [6.45, 7) is 7.58. The van der Waals surface area contributed by atoms with E-state index in [1.54, 1.807) is 27.7 Å². The van der Waals surface area contributed by atoms with Crippen LogP contribution in [-0.2, 0) is 14.3 Å². The van der Waals surface area contributed by atoms with Crippen molar-refractivity contribution in [1.82, 2.24) is 4.98 Å². The number of aromatic nitrogens is 1. The molecule has 1 N–H and O–H groups in total. The maximum absolute atomic E-state index is 11.7. The number of hydrogen-bond acceptors (Lipinski definition) is 4. The van der Waals surface area contributed by atoms with Crippen molar-refractivity contribution in [2.24, 2.45) is 0 Å². The summed E-state index contributed by atoms with van der Waals surface area (Å²) in [5.74, 6) is 4.10. The number of esters is 2. The van der Waals surface area contributed by atoms with Gasteiger partial charge in [0.2, 0.25) is 0 Å². The van der Waals surface area contributed by atoms with E-state index in [0.717, 1.165) is 5.69 Å². The molecule has 0 unspecified atom stereocenters. The van der Waals surface area contributed by atoms with Gasteiger partial charge >= 0.3 is 11.9 Å². The van der Waals surface area contributed by atoms with Gasteiger partial charge in [-0.3, -0.25) is 0 Å². The molecule has 0 radical (unpaired) electrons. The molecule has 0 aliphatic carbocycles. The predicted octanol–water partition coefficient (Wildman–Crippen LogP) is 1.72. The minimum Gasteiger partial charge on any atom is -0.461 e. The minimum atomic E-state index is -0.583. The topological polar surface area (TPSA) is 68.4 Å². The third-order valence-electron chi connectivity index (χ3n) is 2.48. The highest BCUT2D eigenvalue weighted by Gasteiger charge is 2.17. The molecule has 0 spiro atoms. The first-order valence-electron chi connectivity index (χ1n) is 6.06. The number of carbonyl (C=O) groups excluding carboxylic acids is 2. The molecule has 0 aromatic carbocycles. The Hall–Kier alpha value is -2.22. The molecule has 0 bridgehead atoms. The van der Waals surface area contributed by atoms with E-state index in [2.05, 4.69) is 16.8 Å². The fraction of sp³-hybridized carbons (Fsp3) is 0.429. The van der Waals surface area contributed by atoms with Crippen LogP contribution >= 0.6 is 0 Å². The fourth-order valence-electron chi connectivity index (χ4n) is 1.63. The van der Waals surface area contributed by atoms with E-state index in [9.17, 15) is 9.59 Å². The number of hydrogen-bond donors (Lipinski definition) is 1. The van der Waals surface area contributed by atoms with Crippen molar-refractivity contribution in [3.8, 4) is 11.8 Å². The zero-order valence-corrected chi connectivity index (χ0v) is 11.5. The van der Waals surface area contributed by atoms with Crippen LogP contribution in [0.15, 0.2) is 0 Å². The van der Waals surface area contributed by atoms with E-state index in [0.29, 0.717) is 23.4 Å².